The van der Waals surface area contributed by atoms with Crippen molar-refractivity contribution in [1.82, 2.24) is 25.1 Å². The summed E-state index contributed by atoms with van der Waals surface area (Å²) in [5, 5.41) is 15.7. The Hall–Kier alpha value is -2.22. The first kappa shape index (κ1) is 11.8. The van der Waals surface area contributed by atoms with Crippen LogP contribution in [0.25, 0.3) is 11.4 Å². The Morgan fingerprint density at radius 2 is 2.37 bits per heavy atom. The molecule has 0 aromatic carbocycles. The number of anilines is 1. The Labute approximate surface area is 113 Å². The van der Waals surface area contributed by atoms with Gasteiger partial charge in [-0.25, -0.2) is 4.68 Å². The van der Waals surface area contributed by atoms with Crippen molar-refractivity contribution in [3.05, 3.63) is 28.4 Å². The van der Waals surface area contributed by atoms with E-state index < -0.39 is 0 Å². The zero-order chi connectivity index (χ0) is 13.2. The minimum absolute atomic E-state index is 0.379. The molecule has 0 radical (unpaired) electrons. The molecule has 0 saturated carbocycles. The molecule has 0 amide bonds. The van der Waals surface area contributed by atoms with Crippen molar-refractivity contribution in [3.63, 3.8) is 0 Å². The first-order valence-corrected chi connectivity index (χ1v) is 6.75. The van der Waals surface area contributed by atoms with Gasteiger partial charge in [0, 0.05) is 10.9 Å². The predicted octanol–water partition coefficient (Wildman–Crippen LogP) is 1.58. The van der Waals surface area contributed by atoms with Crippen LogP contribution in [0, 0.1) is 0 Å². The number of aromatic nitrogens is 5. The Kier molecular flexibility index (Phi) is 3.00. The van der Waals surface area contributed by atoms with Crippen molar-refractivity contribution in [2.45, 2.75) is 19.9 Å². The normalized spacial score (nSPS) is 11.0. The highest BCUT2D eigenvalue weighted by Crippen LogP contribution is 2.19. The fourth-order valence-corrected chi connectivity index (χ4v) is 2.43. The van der Waals surface area contributed by atoms with Crippen LogP contribution in [0.2, 0.25) is 0 Å². The van der Waals surface area contributed by atoms with Gasteiger partial charge in [0.2, 0.25) is 11.7 Å². The maximum Gasteiger partial charge on any atom is 0.248 e. The van der Waals surface area contributed by atoms with E-state index in [1.54, 1.807) is 16.0 Å². The van der Waals surface area contributed by atoms with E-state index >= 15 is 0 Å². The van der Waals surface area contributed by atoms with E-state index in [4.69, 9.17) is 10.3 Å². The zero-order valence-corrected chi connectivity index (χ0v) is 11.1. The van der Waals surface area contributed by atoms with Gasteiger partial charge in [0.15, 0.2) is 5.82 Å². The number of hydrogen-bond donors (Lipinski definition) is 1. The molecular weight excluding hydrogens is 264 g/mol. The number of thiophene rings is 1. The van der Waals surface area contributed by atoms with Gasteiger partial charge in [0.1, 0.15) is 6.54 Å². The predicted molar refractivity (Wildman–Crippen MR) is 70.5 cm³/mol. The van der Waals surface area contributed by atoms with Gasteiger partial charge in [-0.05, 0) is 17.9 Å². The molecule has 0 aliphatic heterocycles. The second kappa shape index (κ2) is 4.81. The molecule has 0 unspecified atom stereocenters. The third kappa shape index (κ3) is 2.22. The molecule has 0 aliphatic rings. The van der Waals surface area contributed by atoms with Crippen LogP contribution < -0.4 is 5.73 Å². The summed E-state index contributed by atoms with van der Waals surface area (Å²) in [5.41, 5.74) is 7.55. The average Bonchev–Trinajstić information content (AvgIpc) is 3.11. The van der Waals surface area contributed by atoms with Crippen LogP contribution in [-0.4, -0.2) is 25.1 Å². The standard InChI is InChI=1S/C11H12N6OS/c1-2-8-10(12)14-16-17(8)5-9-13-11(15-18-9)7-3-4-19-6-7/h3-4,6H,2,5,12H2,1H3. The van der Waals surface area contributed by atoms with E-state index in [9.17, 15) is 0 Å². The van der Waals surface area contributed by atoms with Gasteiger partial charge in [-0.3, -0.25) is 0 Å². The van der Waals surface area contributed by atoms with Gasteiger partial charge >= 0.3 is 0 Å². The maximum absolute atomic E-state index is 5.73. The van der Waals surface area contributed by atoms with E-state index in [0.29, 0.717) is 24.1 Å². The summed E-state index contributed by atoms with van der Waals surface area (Å²) in [5.74, 6) is 1.52. The van der Waals surface area contributed by atoms with Crippen molar-refractivity contribution in [3.8, 4) is 11.4 Å². The highest BCUT2D eigenvalue weighted by Gasteiger charge is 2.13. The molecular formula is C11H12N6OS. The van der Waals surface area contributed by atoms with Gasteiger partial charge in [0.25, 0.3) is 0 Å². The lowest BCUT2D eigenvalue weighted by Gasteiger charge is -2.00. The third-order valence-corrected chi connectivity index (χ3v) is 3.42. The molecule has 8 heteroatoms. The summed E-state index contributed by atoms with van der Waals surface area (Å²) in [6, 6.07) is 1.95. The van der Waals surface area contributed by atoms with Gasteiger partial charge < -0.3 is 10.3 Å². The van der Waals surface area contributed by atoms with Crippen LogP contribution in [0.1, 0.15) is 18.5 Å². The minimum atomic E-state index is 0.379. The summed E-state index contributed by atoms with van der Waals surface area (Å²) in [6.45, 7) is 2.38. The van der Waals surface area contributed by atoms with Crippen molar-refractivity contribution in [2.24, 2.45) is 0 Å². The summed E-state index contributed by atoms with van der Waals surface area (Å²) in [7, 11) is 0. The van der Waals surface area contributed by atoms with Gasteiger partial charge in [-0.2, -0.15) is 16.3 Å². The Morgan fingerprint density at radius 1 is 1.47 bits per heavy atom. The number of nitrogens with two attached hydrogens (primary N) is 1. The number of hydrogen-bond acceptors (Lipinski definition) is 7. The first-order valence-electron chi connectivity index (χ1n) is 5.81. The average molecular weight is 276 g/mol. The number of nitrogens with zero attached hydrogens (tertiary/aromatic N) is 5. The van der Waals surface area contributed by atoms with Crippen LogP contribution in [0.4, 0.5) is 5.82 Å². The fourth-order valence-electron chi connectivity index (χ4n) is 1.79. The van der Waals surface area contributed by atoms with Gasteiger partial charge in [-0.1, -0.05) is 17.3 Å². The molecule has 3 heterocycles. The SMILES string of the molecule is CCc1c(N)nnn1Cc1nc(-c2ccsc2)no1. The number of rotatable bonds is 4. The van der Waals surface area contributed by atoms with E-state index in [1.165, 1.54) is 0 Å². The summed E-state index contributed by atoms with van der Waals surface area (Å²) < 4.78 is 6.90. The van der Waals surface area contributed by atoms with E-state index in [2.05, 4.69) is 20.5 Å². The lowest BCUT2D eigenvalue weighted by Crippen LogP contribution is -2.07. The second-order valence-corrected chi connectivity index (χ2v) is 4.74. The van der Waals surface area contributed by atoms with Crippen LogP contribution in [0.15, 0.2) is 21.3 Å². The zero-order valence-electron chi connectivity index (χ0n) is 10.3. The lowest BCUT2D eigenvalue weighted by molar-refractivity contribution is 0.363. The first-order chi connectivity index (χ1) is 9.28. The largest absolute Gasteiger partial charge is 0.381 e. The summed E-state index contributed by atoms with van der Waals surface area (Å²) in [4.78, 5) is 4.33. The molecule has 3 aromatic rings. The molecule has 0 saturated heterocycles. The van der Waals surface area contributed by atoms with Gasteiger partial charge in [-0.15, -0.1) is 5.10 Å². The Balaban J connectivity index is 1.84. The van der Waals surface area contributed by atoms with Crippen molar-refractivity contribution >= 4 is 17.2 Å². The Bertz CT molecular complexity index is 671. The molecule has 3 rings (SSSR count). The third-order valence-electron chi connectivity index (χ3n) is 2.74. The molecule has 0 bridgehead atoms. The summed E-state index contributed by atoms with van der Waals surface area (Å²) >= 11 is 1.59. The van der Waals surface area contributed by atoms with Crippen LogP contribution in [0.3, 0.4) is 0 Å². The molecule has 0 fully saturated rings. The second-order valence-electron chi connectivity index (χ2n) is 3.96. The van der Waals surface area contributed by atoms with Crippen molar-refractivity contribution in [2.75, 3.05) is 5.73 Å². The molecule has 98 valence electrons. The Morgan fingerprint density at radius 3 is 3.11 bits per heavy atom. The van der Waals surface area contributed by atoms with Crippen LogP contribution >= 0.6 is 11.3 Å². The molecule has 3 aromatic heterocycles. The molecule has 2 N–H and O–H groups in total. The molecule has 0 spiro atoms. The van der Waals surface area contributed by atoms with E-state index in [1.807, 2.05) is 23.8 Å². The molecule has 0 atom stereocenters. The highest BCUT2D eigenvalue weighted by molar-refractivity contribution is 7.08. The lowest BCUT2D eigenvalue weighted by atomic mass is 10.3. The highest BCUT2D eigenvalue weighted by atomic mass is 32.1. The van der Waals surface area contributed by atoms with Gasteiger partial charge in [0.05, 0.1) is 5.69 Å². The van der Waals surface area contributed by atoms with E-state index in [0.717, 1.165) is 17.7 Å². The minimum Gasteiger partial charge on any atom is -0.381 e. The van der Waals surface area contributed by atoms with E-state index in [-0.39, 0.29) is 0 Å². The fraction of sp³-hybridized carbons (Fsp3) is 0.273. The monoisotopic (exact) mass is 276 g/mol. The quantitative estimate of drug-likeness (QED) is 0.777. The molecule has 0 aliphatic carbocycles. The topological polar surface area (TPSA) is 95.7 Å². The molecule has 19 heavy (non-hydrogen) atoms. The van der Waals surface area contributed by atoms with Crippen LogP contribution in [0.5, 0.6) is 0 Å². The molecule has 7 nitrogen and oxygen atoms in total. The maximum atomic E-state index is 5.73. The van der Waals surface area contributed by atoms with Crippen molar-refractivity contribution < 1.29 is 4.52 Å². The summed E-state index contributed by atoms with van der Waals surface area (Å²) in [6.07, 6.45) is 0.754. The van der Waals surface area contributed by atoms with Crippen LogP contribution in [-0.2, 0) is 13.0 Å². The number of nitrogen functional groups attached to an aromatic ring is 1. The smallest absolute Gasteiger partial charge is 0.248 e. The van der Waals surface area contributed by atoms with Crippen molar-refractivity contribution in [1.29, 1.82) is 0 Å².